The molecule has 2 aromatic rings. The van der Waals surface area contributed by atoms with E-state index in [1.54, 1.807) is 25.3 Å². The molecule has 0 spiro atoms. The van der Waals surface area contributed by atoms with Gasteiger partial charge in [-0.05, 0) is 37.3 Å². The lowest BCUT2D eigenvalue weighted by Gasteiger charge is -2.13. The molecule has 0 fully saturated rings. The van der Waals surface area contributed by atoms with Crippen molar-refractivity contribution in [3.8, 4) is 5.75 Å². The Kier molecular flexibility index (Phi) is 4.81. The van der Waals surface area contributed by atoms with Gasteiger partial charge in [-0.2, -0.15) is 8.78 Å². The van der Waals surface area contributed by atoms with Crippen LogP contribution in [0.5, 0.6) is 5.75 Å². The number of benzene rings is 1. The van der Waals surface area contributed by atoms with Crippen molar-refractivity contribution in [3.05, 3.63) is 59.9 Å². The number of amides is 1. The van der Waals surface area contributed by atoms with Crippen LogP contribution in [0.25, 0.3) is 0 Å². The molecule has 1 amide bonds. The number of nitrogens with zero attached hydrogens (tertiary/aromatic N) is 1. The molecule has 0 bridgehead atoms. The summed E-state index contributed by atoms with van der Waals surface area (Å²) >= 11 is 0. The number of hydrogen-bond donors (Lipinski definition) is 1. The Labute approximate surface area is 120 Å². The first kappa shape index (κ1) is 14.9. The Morgan fingerprint density at radius 2 is 2.05 bits per heavy atom. The number of aromatic nitrogens is 1. The summed E-state index contributed by atoms with van der Waals surface area (Å²) < 4.78 is 28.6. The van der Waals surface area contributed by atoms with E-state index in [9.17, 15) is 13.6 Å². The van der Waals surface area contributed by atoms with Crippen molar-refractivity contribution in [1.82, 2.24) is 10.3 Å². The van der Waals surface area contributed by atoms with Crippen molar-refractivity contribution < 1.29 is 18.3 Å². The summed E-state index contributed by atoms with van der Waals surface area (Å²) in [4.78, 5) is 16.2. The van der Waals surface area contributed by atoms with E-state index in [4.69, 9.17) is 0 Å². The first-order valence-corrected chi connectivity index (χ1v) is 6.33. The Bertz CT molecular complexity index is 606. The van der Waals surface area contributed by atoms with Crippen LogP contribution in [0.2, 0.25) is 0 Å². The first-order valence-electron chi connectivity index (χ1n) is 6.33. The lowest BCUT2D eigenvalue weighted by Crippen LogP contribution is -2.27. The predicted octanol–water partition coefficient (Wildman–Crippen LogP) is 3.17. The minimum absolute atomic E-state index is 0.0526. The molecule has 0 radical (unpaired) electrons. The predicted molar refractivity (Wildman–Crippen MR) is 73.2 cm³/mol. The fourth-order valence-electron chi connectivity index (χ4n) is 1.80. The minimum atomic E-state index is -2.92. The first-order chi connectivity index (χ1) is 10.1. The number of carbonyl (C=O) groups excluding carboxylic acids is 1. The molecule has 21 heavy (non-hydrogen) atoms. The highest BCUT2D eigenvalue weighted by Crippen LogP contribution is 2.17. The molecule has 6 heteroatoms. The zero-order valence-corrected chi connectivity index (χ0v) is 11.3. The molecule has 1 heterocycles. The van der Waals surface area contributed by atoms with E-state index < -0.39 is 6.61 Å². The fourth-order valence-corrected chi connectivity index (χ4v) is 1.80. The van der Waals surface area contributed by atoms with E-state index in [0.29, 0.717) is 5.69 Å². The van der Waals surface area contributed by atoms with E-state index >= 15 is 0 Å². The van der Waals surface area contributed by atoms with Crippen LogP contribution in [0.1, 0.15) is 29.0 Å². The molecule has 0 aliphatic carbocycles. The lowest BCUT2D eigenvalue weighted by molar-refractivity contribution is -0.0498. The summed E-state index contributed by atoms with van der Waals surface area (Å²) in [5.41, 5.74) is 0.960. The minimum Gasteiger partial charge on any atom is -0.435 e. The van der Waals surface area contributed by atoms with Gasteiger partial charge >= 0.3 is 6.61 Å². The van der Waals surface area contributed by atoms with Crippen molar-refractivity contribution in [2.75, 3.05) is 0 Å². The molecule has 1 N–H and O–H groups in total. The molecule has 0 aliphatic heterocycles. The van der Waals surface area contributed by atoms with E-state index in [0.717, 1.165) is 0 Å². The largest absolute Gasteiger partial charge is 0.435 e. The molecule has 110 valence electrons. The summed E-state index contributed by atoms with van der Waals surface area (Å²) in [6.45, 7) is -1.13. The van der Waals surface area contributed by atoms with Crippen molar-refractivity contribution in [3.63, 3.8) is 0 Å². The van der Waals surface area contributed by atoms with Gasteiger partial charge in [0.25, 0.3) is 5.91 Å². The van der Waals surface area contributed by atoms with Crippen LogP contribution in [0.15, 0.2) is 48.7 Å². The van der Waals surface area contributed by atoms with E-state index in [1.165, 1.54) is 24.3 Å². The van der Waals surface area contributed by atoms with Crippen LogP contribution in [-0.4, -0.2) is 17.5 Å². The van der Waals surface area contributed by atoms with Gasteiger partial charge in [-0.1, -0.05) is 12.1 Å². The van der Waals surface area contributed by atoms with Crippen LogP contribution in [0.3, 0.4) is 0 Å². The second kappa shape index (κ2) is 6.78. The number of rotatable bonds is 5. The summed E-state index contributed by atoms with van der Waals surface area (Å²) in [6.07, 6.45) is 1.63. The molecule has 2 rings (SSSR count). The topological polar surface area (TPSA) is 51.2 Å². The van der Waals surface area contributed by atoms with Gasteiger partial charge in [-0.25, -0.2) is 0 Å². The van der Waals surface area contributed by atoms with Crippen LogP contribution >= 0.6 is 0 Å². The third-order valence-corrected chi connectivity index (χ3v) is 2.80. The second-order valence-corrected chi connectivity index (χ2v) is 4.36. The highest BCUT2D eigenvalue weighted by Gasteiger charge is 2.13. The molecule has 1 unspecified atom stereocenters. The normalized spacial score (nSPS) is 12.0. The Balaban J connectivity index is 2.06. The second-order valence-electron chi connectivity index (χ2n) is 4.36. The molecule has 0 saturated carbocycles. The number of halogens is 2. The number of alkyl halides is 2. The maximum Gasteiger partial charge on any atom is 0.387 e. The lowest BCUT2D eigenvalue weighted by atomic mass is 10.1. The van der Waals surface area contributed by atoms with Crippen molar-refractivity contribution in [1.29, 1.82) is 0 Å². The van der Waals surface area contributed by atoms with Crippen LogP contribution in [0.4, 0.5) is 8.78 Å². The van der Waals surface area contributed by atoms with E-state index in [-0.39, 0.29) is 23.3 Å². The third kappa shape index (κ3) is 4.24. The van der Waals surface area contributed by atoms with E-state index in [2.05, 4.69) is 15.0 Å². The number of carbonyl (C=O) groups is 1. The van der Waals surface area contributed by atoms with Gasteiger partial charge in [0.2, 0.25) is 0 Å². The molecule has 0 aliphatic rings. The monoisotopic (exact) mass is 292 g/mol. The maximum absolute atomic E-state index is 12.2. The summed E-state index contributed by atoms with van der Waals surface area (Å²) in [5, 5.41) is 2.75. The molecule has 1 atom stereocenters. The van der Waals surface area contributed by atoms with Crippen LogP contribution in [-0.2, 0) is 0 Å². The molecule has 1 aromatic heterocycles. The molecule has 4 nitrogen and oxygen atoms in total. The highest BCUT2D eigenvalue weighted by atomic mass is 19.3. The maximum atomic E-state index is 12.2. The summed E-state index contributed by atoms with van der Waals surface area (Å²) in [5.74, 6) is -0.434. The van der Waals surface area contributed by atoms with E-state index in [1.807, 2.05) is 6.07 Å². The van der Waals surface area contributed by atoms with Crippen LogP contribution in [0, 0.1) is 0 Å². The number of nitrogens with one attached hydrogen (secondary N) is 1. The number of ether oxygens (including phenoxy) is 1. The molecular formula is C15H14F2N2O2. The van der Waals surface area contributed by atoms with Gasteiger partial charge in [-0.3, -0.25) is 9.78 Å². The van der Waals surface area contributed by atoms with Crippen LogP contribution < -0.4 is 10.1 Å². The molecule has 1 aromatic carbocycles. The van der Waals surface area contributed by atoms with Gasteiger partial charge in [0.1, 0.15) is 5.75 Å². The number of hydrogen-bond acceptors (Lipinski definition) is 3. The number of pyridine rings is 1. The Hall–Kier alpha value is -2.50. The summed E-state index contributed by atoms with van der Waals surface area (Å²) in [6, 6.07) is 10.7. The third-order valence-electron chi connectivity index (χ3n) is 2.80. The van der Waals surface area contributed by atoms with Gasteiger partial charge in [-0.15, -0.1) is 0 Å². The van der Waals surface area contributed by atoms with Gasteiger partial charge in [0, 0.05) is 11.8 Å². The quantitative estimate of drug-likeness (QED) is 0.921. The van der Waals surface area contributed by atoms with Crippen molar-refractivity contribution in [2.45, 2.75) is 19.6 Å². The van der Waals surface area contributed by atoms with Crippen molar-refractivity contribution >= 4 is 5.91 Å². The van der Waals surface area contributed by atoms with Crippen molar-refractivity contribution in [2.24, 2.45) is 0 Å². The SMILES string of the molecule is CC(NC(=O)c1cccc(OC(F)F)c1)c1ccccn1. The average molecular weight is 292 g/mol. The smallest absolute Gasteiger partial charge is 0.387 e. The fraction of sp³-hybridized carbons (Fsp3) is 0.200. The average Bonchev–Trinajstić information content (AvgIpc) is 2.47. The van der Waals surface area contributed by atoms with Gasteiger partial charge in [0.15, 0.2) is 0 Å². The molecule has 0 saturated heterocycles. The Morgan fingerprint density at radius 3 is 2.71 bits per heavy atom. The van der Waals surface area contributed by atoms with Gasteiger partial charge < -0.3 is 10.1 Å². The summed E-state index contributed by atoms with van der Waals surface area (Å²) in [7, 11) is 0. The zero-order chi connectivity index (χ0) is 15.2. The van der Waals surface area contributed by atoms with Gasteiger partial charge in [0.05, 0.1) is 11.7 Å². The Morgan fingerprint density at radius 1 is 1.24 bits per heavy atom. The molecular weight excluding hydrogens is 278 g/mol. The zero-order valence-electron chi connectivity index (χ0n) is 11.3. The standard InChI is InChI=1S/C15H14F2N2O2/c1-10(13-7-2-3-8-18-13)19-14(20)11-5-4-6-12(9-11)21-15(16)17/h2-10,15H,1H3,(H,19,20). The highest BCUT2D eigenvalue weighted by molar-refractivity contribution is 5.94.